The van der Waals surface area contributed by atoms with Crippen molar-refractivity contribution in [1.82, 2.24) is 4.57 Å². The highest BCUT2D eigenvalue weighted by atomic mass is 19.1. The Hall–Kier alpha value is -1.61. The van der Waals surface area contributed by atoms with Gasteiger partial charge in [0.25, 0.3) is 0 Å². The van der Waals surface area contributed by atoms with E-state index in [0.29, 0.717) is 12.2 Å². The van der Waals surface area contributed by atoms with Crippen LogP contribution in [0.3, 0.4) is 0 Å². The number of aromatic nitrogens is 1. The molecule has 0 saturated heterocycles. The molecule has 0 amide bonds. The first kappa shape index (κ1) is 8.97. The zero-order chi connectivity index (χ0) is 9.97. The molecule has 72 valence electrons. The van der Waals surface area contributed by atoms with Crippen molar-refractivity contribution in [3.8, 4) is 5.69 Å². The van der Waals surface area contributed by atoms with Crippen molar-refractivity contribution in [2.24, 2.45) is 5.73 Å². The maximum atomic E-state index is 13.3. The number of halogens is 1. The SMILES string of the molecule is NCc1ccn(-c2ccccc2F)c1. The van der Waals surface area contributed by atoms with Crippen LogP contribution >= 0.6 is 0 Å². The summed E-state index contributed by atoms with van der Waals surface area (Å²) in [5, 5.41) is 0. The molecule has 1 aromatic heterocycles. The van der Waals surface area contributed by atoms with Crippen LogP contribution in [0.25, 0.3) is 5.69 Å². The second-order valence-corrected chi connectivity index (χ2v) is 3.08. The summed E-state index contributed by atoms with van der Waals surface area (Å²) in [5.74, 6) is -0.230. The van der Waals surface area contributed by atoms with Gasteiger partial charge in [0.05, 0.1) is 5.69 Å². The summed E-state index contributed by atoms with van der Waals surface area (Å²) in [5.41, 5.74) is 7.01. The van der Waals surface area contributed by atoms with Gasteiger partial charge in [-0.3, -0.25) is 0 Å². The maximum Gasteiger partial charge on any atom is 0.147 e. The van der Waals surface area contributed by atoms with Crippen molar-refractivity contribution in [3.63, 3.8) is 0 Å². The zero-order valence-electron chi connectivity index (χ0n) is 7.65. The summed E-state index contributed by atoms with van der Waals surface area (Å²) < 4.78 is 15.1. The minimum Gasteiger partial charge on any atom is -0.326 e. The fourth-order valence-electron chi connectivity index (χ4n) is 1.37. The molecule has 3 heteroatoms. The molecule has 0 unspecified atom stereocenters. The van der Waals surface area contributed by atoms with Crippen LogP contribution in [0.4, 0.5) is 4.39 Å². The van der Waals surface area contributed by atoms with Gasteiger partial charge in [0.2, 0.25) is 0 Å². The van der Waals surface area contributed by atoms with E-state index in [2.05, 4.69) is 0 Å². The summed E-state index contributed by atoms with van der Waals surface area (Å²) in [6, 6.07) is 8.53. The third-order valence-corrected chi connectivity index (χ3v) is 2.12. The summed E-state index contributed by atoms with van der Waals surface area (Å²) >= 11 is 0. The Morgan fingerprint density at radius 3 is 2.64 bits per heavy atom. The number of hydrogen-bond donors (Lipinski definition) is 1. The average Bonchev–Trinajstić information content (AvgIpc) is 2.67. The number of nitrogens with zero attached hydrogens (tertiary/aromatic N) is 1. The summed E-state index contributed by atoms with van der Waals surface area (Å²) in [4.78, 5) is 0. The third-order valence-electron chi connectivity index (χ3n) is 2.12. The summed E-state index contributed by atoms with van der Waals surface area (Å²) in [6.45, 7) is 0.474. The molecule has 1 aromatic carbocycles. The molecule has 2 rings (SSSR count). The molecule has 0 radical (unpaired) electrons. The second kappa shape index (κ2) is 3.64. The van der Waals surface area contributed by atoms with Crippen LogP contribution in [0.15, 0.2) is 42.7 Å². The van der Waals surface area contributed by atoms with Gasteiger partial charge in [-0.15, -0.1) is 0 Å². The van der Waals surface area contributed by atoms with Gasteiger partial charge in [-0.1, -0.05) is 12.1 Å². The van der Waals surface area contributed by atoms with E-state index in [1.54, 1.807) is 29.0 Å². The highest BCUT2D eigenvalue weighted by Crippen LogP contribution is 2.13. The van der Waals surface area contributed by atoms with Crippen LogP contribution in [0.2, 0.25) is 0 Å². The molecular weight excluding hydrogens is 179 g/mol. The molecule has 0 saturated carbocycles. The van der Waals surface area contributed by atoms with Crippen molar-refractivity contribution in [2.75, 3.05) is 0 Å². The highest BCUT2D eigenvalue weighted by Gasteiger charge is 2.02. The molecule has 0 aliphatic heterocycles. The van der Waals surface area contributed by atoms with Crippen LogP contribution in [-0.2, 0) is 6.54 Å². The van der Waals surface area contributed by atoms with Gasteiger partial charge in [-0.25, -0.2) is 4.39 Å². The van der Waals surface area contributed by atoms with E-state index in [0.717, 1.165) is 5.56 Å². The fourth-order valence-corrected chi connectivity index (χ4v) is 1.37. The van der Waals surface area contributed by atoms with E-state index < -0.39 is 0 Å². The molecule has 0 aliphatic carbocycles. The van der Waals surface area contributed by atoms with Gasteiger partial charge in [0, 0.05) is 18.9 Å². The Morgan fingerprint density at radius 2 is 2.00 bits per heavy atom. The van der Waals surface area contributed by atoms with E-state index in [-0.39, 0.29) is 5.82 Å². The molecule has 0 bridgehead atoms. The highest BCUT2D eigenvalue weighted by molar-refractivity contribution is 5.35. The number of benzene rings is 1. The molecule has 0 fully saturated rings. The molecule has 2 aromatic rings. The molecule has 0 spiro atoms. The molecule has 0 aliphatic rings. The van der Waals surface area contributed by atoms with Crippen molar-refractivity contribution in [2.45, 2.75) is 6.54 Å². The van der Waals surface area contributed by atoms with Gasteiger partial charge in [0.1, 0.15) is 5.82 Å². The molecule has 14 heavy (non-hydrogen) atoms. The van der Waals surface area contributed by atoms with Crippen molar-refractivity contribution in [1.29, 1.82) is 0 Å². The standard InChI is InChI=1S/C11H11FN2/c12-10-3-1-2-4-11(10)14-6-5-9(7-13)8-14/h1-6,8H,7,13H2. The monoisotopic (exact) mass is 190 g/mol. The summed E-state index contributed by atoms with van der Waals surface area (Å²) in [6.07, 6.45) is 3.64. The number of hydrogen-bond acceptors (Lipinski definition) is 1. The van der Waals surface area contributed by atoms with Gasteiger partial charge in [-0.2, -0.15) is 0 Å². The number of rotatable bonds is 2. The Morgan fingerprint density at radius 1 is 1.21 bits per heavy atom. The molecule has 1 heterocycles. The summed E-state index contributed by atoms with van der Waals surface area (Å²) in [7, 11) is 0. The van der Waals surface area contributed by atoms with Crippen molar-refractivity contribution >= 4 is 0 Å². The van der Waals surface area contributed by atoms with E-state index in [4.69, 9.17) is 5.73 Å². The van der Waals surface area contributed by atoms with Crippen LogP contribution in [0, 0.1) is 5.82 Å². The Labute approximate surface area is 81.8 Å². The van der Waals surface area contributed by atoms with Crippen molar-refractivity contribution in [3.05, 3.63) is 54.1 Å². The normalized spacial score (nSPS) is 10.4. The first-order chi connectivity index (χ1) is 6.81. The Bertz CT molecular complexity index is 434. The predicted molar refractivity (Wildman–Crippen MR) is 53.6 cm³/mol. The molecule has 2 nitrogen and oxygen atoms in total. The predicted octanol–water partition coefficient (Wildman–Crippen LogP) is 2.08. The fraction of sp³-hybridized carbons (Fsp3) is 0.0909. The minimum absolute atomic E-state index is 0.230. The largest absolute Gasteiger partial charge is 0.326 e. The number of nitrogens with two attached hydrogens (primary N) is 1. The average molecular weight is 190 g/mol. The number of para-hydroxylation sites is 1. The van der Waals surface area contributed by atoms with Crippen molar-refractivity contribution < 1.29 is 4.39 Å². The second-order valence-electron chi connectivity index (χ2n) is 3.08. The van der Waals surface area contributed by atoms with Gasteiger partial charge < -0.3 is 10.3 Å². The quantitative estimate of drug-likeness (QED) is 0.772. The lowest BCUT2D eigenvalue weighted by atomic mass is 10.3. The smallest absolute Gasteiger partial charge is 0.147 e. The first-order valence-corrected chi connectivity index (χ1v) is 4.43. The van der Waals surface area contributed by atoms with E-state index in [1.165, 1.54) is 6.07 Å². The Balaban J connectivity index is 2.44. The molecule has 0 atom stereocenters. The minimum atomic E-state index is -0.230. The van der Waals surface area contributed by atoms with E-state index >= 15 is 0 Å². The van der Waals surface area contributed by atoms with Gasteiger partial charge in [-0.05, 0) is 23.8 Å². The maximum absolute atomic E-state index is 13.3. The third kappa shape index (κ3) is 1.54. The lowest BCUT2D eigenvalue weighted by molar-refractivity contribution is 0.618. The van der Waals surface area contributed by atoms with E-state index in [1.807, 2.05) is 12.3 Å². The van der Waals surface area contributed by atoms with Gasteiger partial charge in [0.15, 0.2) is 0 Å². The van der Waals surface area contributed by atoms with Crippen LogP contribution in [0.5, 0.6) is 0 Å². The topological polar surface area (TPSA) is 30.9 Å². The Kier molecular flexibility index (Phi) is 2.33. The lowest BCUT2D eigenvalue weighted by Gasteiger charge is -2.03. The molecule has 2 N–H and O–H groups in total. The zero-order valence-corrected chi connectivity index (χ0v) is 7.65. The van der Waals surface area contributed by atoms with Crippen LogP contribution in [0.1, 0.15) is 5.56 Å². The molecular formula is C11H11FN2. The first-order valence-electron chi connectivity index (χ1n) is 4.43. The van der Waals surface area contributed by atoms with Crippen LogP contribution in [-0.4, -0.2) is 4.57 Å². The van der Waals surface area contributed by atoms with Gasteiger partial charge >= 0.3 is 0 Å². The lowest BCUT2D eigenvalue weighted by Crippen LogP contribution is -1.96. The van der Waals surface area contributed by atoms with E-state index in [9.17, 15) is 4.39 Å². The van der Waals surface area contributed by atoms with Crippen LogP contribution < -0.4 is 5.73 Å².